The largest absolute Gasteiger partial charge is 0.488 e. The van der Waals surface area contributed by atoms with Crippen LogP contribution in [0.2, 0.25) is 0 Å². The molecule has 33 heavy (non-hydrogen) atoms. The van der Waals surface area contributed by atoms with E-state index >= 15 is 0 Å². The molecular formula is C27H30ClNO4. The number of aliphatic hydroxyl groups excluding tert-OH is 1. The molecule has 0 saturated heterocycles. The van der Waals surface area contributed by atoms with E-state index in [0.29, 0.717) is 24.3 Å². The van der Waals surface area contributed by atoms with Crippen LogP contribution in [-0.4, -0.2) is 36.2 Å². The molecule has 1 aliphatic rings. The van der Waals surface area contributed by atoms with Crippen LogP contribution in [0.25, 0.3) is 0 Å². The minimum atomic E-state index is -0.695. The molecule has 1 aliphatic carbocycles. The maximum Gasteiger partial charge on any atom is 0.341 e. The topological polar surface area (TPSA) is 59.0 Å². The third kappa shape index (κ3) is 5.56. The lowest BCUT2D eigenvalue weighted by atomic mass is 9.82. The van der Waals surface area contributed by atoms with Crippen molar-refractivity contribution in [2.24, 2.45) is 0 Å². The number of benzene rings is 3. The van der Waals surface area contributed by atoms with Crippen molar-refractivity contribution in [2.45, 2.75) is 38.1 Å². The third-order valence-corrected chi connectivity index (χ3v) is 6.15. The van der Waals surface area contributed by atoms with Gasteiger partial charge in [0, 0.05) is 12.6 Å². The molecule has 0 fully saturated rings. The average molecular weight is 468 g/mol. The van der Waals surface area contributed by atoms with Crippen LogP contribution in [0.4, 0.5) is 0 Å². The molecule has 174 valence electrons. The summed E-state index contributed by atoms with van der Waals surface area (Å²) in [4.78, 5) is 14.9. The summed E-state index contributed by atoms with van der Waals surface area (Å²) < 4.78 is 11.1. The Balaban J connectivity index is 0.00000306. The number of aliphatic hydroxyl groups is 1. The van der Waals surface area contributed by atoms with Crippen LogP contribution < -0.4 is 4.74 Å². The van der Waals surface area contributed by atoms with Gasteiger partial charge in [0.25, 0.3) is 0 Å². The van der Waals surface area contributed by atoms with E-state index in [1.165, 1.54) is 12.7 Å². The summed E-state index contributed by atoms with van der Waals surface area (Å²) in [5.41, 5.74) is 4.23. The monoisotopic (exact) mass is 467 g/mol. The van der Waals surface area contributed by atoms with Gasteiger partial charge in [-0.25, -0.2) is 4.79 Å². The summed E-state index contributed by atoms with van der Waals surface area (Å²) in [7, 11) is 3.41. The Morgan fingerprint density at radius 3 is 2.27 bits per heavy atom. The molecule has 0 heterocycles. The SMILES string of the molecule is COC(=O)c1c(OCc2ccccc2)ccc2c1CCC(N(C)Cc1ccccc1)C2O.Cl. The van der Waals surface area contributed by atoms with Gasteiger partial charge in [0.15, 0.2) is 0 Å². The van der Waals surface area contributed by atoms with Crippen LogP contribution in [0.3, 0.4) is 0 Å². The van der Waals surface area contributed by atoms with Gasteiger partial charge < -0.3 is 14.6 Å². The average Bonchev–Trinajstić information content (AvgIpc) is 2.83. The van der Waals surface area contributed by atoms with E-state index in [1.807, 2.05) is 61.6 Å². The van der Waals surface area contributed by atoms with Crippen molar-refractivity contribution >= 4 is 18.4 Å². The highest BCUT2D eigenvalue weighted by atomic mass is 35.5. The number of esters is 1. The number of carbonyl (C=O) groups excluding carboxylic acids is 1. The van der Waals surface area contributed by atoms with Crippen LogP contribution in [0, 0.1) is 0 Å². The van der Waals surface area contributed by atoms with Gasteiger partial charge in [-0.3, -0.25) is 4.90 Å². The van der Waals surface area contributed by atoms with Crippen molar-refractivity contribution in [3.05, 3.63) is 101 Å². The summed E-state index contributed by atoms with van der Waals surface area (Å²) in [6, 6.07) is 23.7. The first kappa shape index (κ1) is 24.8. The summed E-state index contributed by atoms with van der Waals surface area (Å²) >= 11 is 0. The second-order valence-electron chi connectivity index (χ2n) is 8.22. The van der Waals surface area contributed by atoms with E-state index < -0.39 is 12.1 Å². The zero-order valence-electron chi connectivity index (χ0n) is 18.9. The van der Waals surface area contributed by atoms with Gasteiger partial charge in [-0.2, -0.15) is 0 Å². The number of carbonyl (C=O) groups is 1. The molecule has 3 aromatic rings. The number of ether oxygens (including phenoxy) is 2. The van der Waals surface area contributed by atoms with Crippen molar-refractivity contribution in [3.63, 3.8) is 0 Å². The fourth-order valence-corrected chi connectivity index (χ4v) is 4.48. The highest BCUT2D eigenvalue weighted by molar-refractivity contribution is 5.94. The molecule has 0 saturated carbocycles. The van der Waals surface area contributed by atoms with Crippen molar-refractivity contribution < 1.29 is 19.4 Å². The Morgan fingerprint density at radius 2 is 1.64 bits per heavy atom. The van der Waals surface area contributed by atoms with E-state index in [-0.39, 0.29) is 18.4 Å². The van der Waals surface area contributed by atoms with Crippen LogP contribution in [0.15, 0.2) is 72.8 Å². The Hall–Kier alpha value is -2.86. The van der Waals surface area contributed by atoms with E-state index in [1.54, 1.807) is 6.07 Å². The summed E-state index contributed by atoms with van der Waals surface area (Å²) in [6.45, 7) is 1.11. The van der Waals surface area contributed by atoms with Crippen LogP contribution in [0.5, 0.6) is 5.75 Å². The summed E-state index contributed by atoms with van der Waals surface area (Å²) in [6.07, 6.45) is 0.714. The maximum atomic E-state index is 12.7. The number of hydrogen-bond donors (Lipinski definition) is 1. The van der Waals surface area contributed by atoms with Gasteiger partial charge in [0.05, 0.1) is 13.2 Å². The Morgan fingerprint density at radius 1 is 1.00 bits per heavy atom. The molecule has 0 radical (unpaired) electrons. The molecule has 0 bridgehead atoms. The molecule has 0 aliphatic heterocycles. The van der Waals surface area contributed by atoms with E-state index in [9.17, 15) is 9.90 Å². The molecule has 2 unspecified atom stereocenters. The number of hydrogen-bond acceptors (Lipinski definition) is 5. The normalized spacial score (nSPS) is 17.1. The fraction of sp³-hybridized carbons (Fsp3) is 0.296. The molecule has 5 nitrogen and oxygen atoms in total. The lowest BCUT2D eigenvalue weighted by molar-refractivity contribution is 0.0450. The van der Waals surface area contributed by atoms with E-state index in [4.69, 9.17) is 9.47 Å². The lowest BCUT2D eigenvalue weighted by Gasteiger charge is -2.37. The fourth-order valence-electron chi connectivity index (χ4n) is 4.48. The summed E-state index contributed by atoms with van der Waals surface area (Å²) in [5.74, 6) is 0.0518. The molecule has 2 atom stereocenters. The number of methoxy groups -OCH3 is 1. The Labute approximate surface area is 201 Å². The molecule has 3 aromatic carbocycles. The molecule has 0 aromatic heterocycles. The highest BCUT2D eigenvalue weighted by Crippen LogP contribution is 2.38. The molecule has 0 amide bonds. The van der Waals surface area contributed by atoms with Gasteiger partial charge in [0.1, 0.15) is 17.9 Å². The first-order chi connectivity index (χ1) is 15.6. The number of nitrogens with zero attached hydrogens (tertiary/aromatic N) is 1. The van der Waals surface area contributed by atoms with Gasteiger partial charge in [-0.1, -0.05) is 66.7 Å². The molecular weight excluding hydrogens is 438 g/mol. The van der Waals surface area contributed by atoms with Gasteiger partial charge >= 0.3 is 5.97 Å². The van der Waals surface area contributed by atoms with Crippen LogP contribution in [0.1, 0.15) is 45.1 Å². The smallest absolute Gasteiger partial charge is 0.341 e. The molecule has 1 N–H and O–H groups in total. The zero-order chi connectivity index (χ0) is 22.5. The minimum Gasteiger partial charge on any atom is -0.488 e. The zero-order valence-corrected chi connectivity index (χ0v) is 19.8. The first-order valence-electron chi connectivity index (χ1n) is 10.9. The van der Waals surface area contributed by atoms with Crippen molar-refractivity contribution in [1.29, 1.82) is 0 Å². The second kappa shape index (κ2) is 11.3. The molecule has 4 rings (SSSR count). The van der Waals surface area contributed by atoms with Crippen molar-refractivity contribution in [2.75, 3.05) is 14.2 Å². The number of halogens is 1. The van der Waals surface area contributed by atoms with Crippen molar-refractivity contribution in [3.8, 4) is 5.75 Å². The lowest BCUT2D eigenvalue weighted by Crippen LogP contribution is -2.40. The van der Waals surface area contributed by atoms with Gasteiger partial charge in [-0.05, 0) is 48.2 Å². The van der Waals surface area contributed by atoms with E-state index in [0.717, 1.165) is 29.7 Å². The van der Waals surface area contributed by atoms with Crippen molar-refractivity contribution in [1.82, 2.24) is 4.90 Å². The molecule has 6 heteroatoms. The quantitative estimate of drug-likeness (QED) is 0.498. The predicted molar refractivity (Wildman–Crippen MR) is 131 cm³/mol. The number of rotatable bonds is 7. The molecule has 0 spiro atoms. The highest BCUT2D eigenvalue weighted by Gasteiger charge is 2.34. The minimum absolute atomic E-state index is 0. The van der Waals surface area contributed by atoms with Gasteiger partial charge in [-0.15, -0.1) is 12.4 Å². The number of likely N-dealkylation sites (N-methyl/N-ethyl adjacent to an activating group) is 1. The second-order valence-corrected chi connectivity index (χ2v) is 8.22. The van der Waals surface area contributed by atoms with Gasteiger partial charge in [0.2, 0.25) is 0 Å². The van der Waals surface area contributed by atoms with E-state index in [2.05, 4.69) is 17.0 Å². The Kier molecular flexibility index (Phi) is 8.50. The third-order valence-electron chi connectivity index (χ3n) is 6.15. The summed E-state index contributed by atoms with van der Waals surface area (Å²) in [5, 5.41) is 11.2. The first-order valence-corrected chi connectivity index (χ1v) is 10.9. The predicted octanol–water partition coefficient (Wildman–Crippen LogP) is 4.95. The standard InChI is InChI=1S/C27H29NO4.ClH/c1-28(17-19-9-5-3-6-10-19)23-15-13-21-22(26(23)29)14-16-24(25(21)27(30)31-2)32-18-20-11-7-4-8-12-20;/h3-12,14,16,23,26,29H,13,15,17-18H2,1-2H3;1H. The Bertz CT molecular complexity index is 1060. The maximum absolute atomic E-state index is 12.7. The number of fused-ring (bicyclic) bond motifs is 1. The van der Waals surface area contributed by atoms with Crippen LogP contribution in [-0.2, 0) is 24.3 Å². The van der Waals surface area contributed by atoms with Crippen LogP contribution >= 0.6 is 12.4 Å².